The number of halogens is 2. The minimum atomic E-state index is -2.81. The molecule has 34 heavy (non-hydrogen) atoms. The molecule has 2 heterocycles. The molecular formula is C25H33F2N5O2. The number of pyridine rings is 1. The second-order valence-corrected chi connectivity index (χ2v) is 10.5. The Morgan fingerprint density at radius 1 is 1.12 bits per heavy atom. The number of nitrogens with zero attached hydrogens (tertiary/aromatic N) is 3. The molecule has 0 aliphatic heterocycles. The molecule has 2 aromatic heterocycles. The number of aryl methyl sites for hydroxylation is 1. The molecule has 184 valence electrons. The molecule has 0 bridgehead atoms. The first-order valence-corrected chi connectivity index (χ1v) is 11.7. The molecular weight excluding hydrogens is 440 g/mol. The summed E-state index contributed by atoms with van der Waals surface area (Å²) < 4.78 is 32.7. The number of hydrogen-bond acceptors (Lipinski definition) is 7. The van der Waals surface area contributed by atoms with Crippen molar-refractivity contribution in [2.75, 3.05) is 17.2 Å². The zero-order valence-corrected chi connectivity index (χ0v) is 20.4. The SMILES string of the molecule is Cc1cc(-c2nnc(NC3CCC[C@H](O)C3)o2)nc2c(C(C)(C)C)cc(NCC(C)(F)F)cc12. The second-order valence-electron chi connectivity index (χ2n) is 10.5. The van der Waals surface area contributed by atoms with E-state index in [0.29, 0.717) is 29.7 Å². The zero-order valence-electron chi connectivity index (χ0n) is 20.4. The van der Waals surface area contributed by atoms with Crippen LogP contribution in [0.15, 0.2) is 22.6 Å². The maximum absolute atomic E-state index is 13.4. The third-order valence-electron chi connectivity index (χ3n) is 6.15. The summed E-state index contributed by atoms with van der Waals surface area (Å²) in [5.41, 5.74) is 3.56. The van der Waals surface area contributed by atoms with Crippen molar-refractivity contribution in [3.05, 3.63) is 29.3 Å². The predicted octanol–water partition coefficient (Wildman–Crippen LogP) is 5.67. The molecule has 9 heteroatoms. The fraction of sp³-hybridized carbons (Fsp3) is 0.560. The van der Waals surface area contributed by atoms with Crippen LogP contribution in [0, 0.1) is 6.92 Å². The van der Waals surface area contributed by atoms with E-state index in [4.69, 9.17) is 9.40 Å². The largest absolute Gasteiger partial charge is 0.402 e. The van der Waals surface area contributed by atoms with Crippen LogP contribution in [0.2, 0.25) is 0 Å². The third-order valence-corrected chi connectivity index (χ3v) is 6.15. The lowest BCUT2D eigenvalue weighted by Gasteiger charge is -2.25. The highest BCUT2D eigenvalue weighted by Gasteiger charge is 2.25. The van der Waals surface area contributed by atoms with Crippen molar-refractivity contribution < 1.29 is 18.3 Å². The zero-order chi connectivity index (χ0) is 24.7. The van der Waals surface area contributed by atoms with Gasteiger partial charge in [-0.05, 0) is 67.3 Å². The lowest BCUT2D eigenvalue weighted by Crippen LogP contribution is -2.29. The molecule has 0 spiro atoms. The minimum Gasteiger partial charge on any atom is -0.402 e. The Morgan fingerprint density at radius 2 is 1.88 bits per heavy atom. The molecule has 2 atom stereocenters. The molecule has 4 rings (SSSR count). The average Bonchev–Trinajstić information content (AvgIpc) is 3.19. The van der Waals surface area contributed by atoms with Gasteiger partial charge in [-0.1, -0.05) is 25.9 Å². The van der Waals surface area contributed by atoms with E-state index in [1.807, 2.05) is 25.1 Å². The lowest BCUT2D eigenvalue weighted by molar-refractivity contribution is 0.0368. The van der Waals surface area contributed by atoms with Gasteiger partial charge in [-0.25, -0.2) is 13.8 Å². The predicted molar refractivity (Wildman–Crippen MR) is 129 cm³/mol. The van der Waals surface area contributed by atoms with Crippen LogP contribution in [-0.4, -0.2) is 44.9 Å². The molecule has 0 amide bonds. The Labute approximate surface area is 198 Å². The van der Waals surface area contributed by atoms with E-state index in [-0.39, 0.29) is 17.6 Å². The highest BCUT2D eigenvalue weighted by Crippen LogP contribution is 2.35. The number of fused-ring (bicyclic) bond motifs is 1. The van der Waals surface area contributed by atoms with Crippen molar-refractivity contribution in [3.63, 3.8) is 0 Å². The molecule has 7 nitrogen and oxygen atoms in total. The number of nitrogens with one attached hydrogen (secondary N) is 2. The van der Waals surface area contributed by atoms with Gasteiger partial charge in [0.1, 0.15) is 5.69 Å². The minimum absolute atomic E-state index is 0.0947. The average molecular weight is 474 g/mol. The fourth-order valence-corrected chi connectivity index (χ4v) is 4.39. The highest BCUT2D eigenvalue weighted by atomic mass is 19.3. The molecule has 1 saturated carbocycles. The monoisotopic (exact) mass is 473 g/mol. The van der Waals surface area contributed by atoms with Gasteiger partial charge < -0.3 is 20.2 Å². The molecule has 1 fully saturated rings. The van der Waals surface area contributed by atoms with Gasteiger partial charge in [-0.2, -0.15) is 0 Å². The summed E-state index contributed by atoms with van der Waals surface area (Å²) in [6, 6.07) is 6.02. The van der Waals surface area contributed by atoms with E-state index < -0.39 is 12.5 Å². The molecule has 1 unspecified atom stereocenters. The Balaban J connectivity index is 1.68. The quantitative estimate of drug-likeness (QED) is 0.424. The van der Waals surface area contributed by atoms with Crippen LogP contribution in [0.4, 0.5) is 20.5 Å². The third kappa shape index (κ3) is 5.63. The van der Waals surface area contributed by atoms with Gasteiger partial charge in [0, 0.05) is 24.0 Å². The van der Waals surface area contributed by atoms with E-state index in [1.165, 1.54) is 0 Å². The van der Waals surface area contributed by atoms with Crippen LogP contribution < -0.4 is 10.6 Å². The Morgan fingerprint density at radius 3 is 2.56 bits per heavy atom. The van der Waals surface area contributed by atoms with Gasteiger partial charge in [0.2, 0.25) is 0 Å². The summed E-state index contributed by atoms with van der Waals surface area (Å²) in [5, 5.41) is 25.2. The van der Waals surface area contributed by atoms with E-state index in [2.05, 4.69) is 41.6 Å². The number of alkyl halides is 2. The first-order chi connectivity index (χ1) is 15.9. The number of aromatic nitrogens is 3. The van der Waals surface area contributed by atoms with Crippen molar-refractivity contribution in [1.29, 1.82) is 0 Å². The molecule has 0 saturated heterocycles. The van der Waals surface area contributed by atoms with Gasteiger partial charge in [0.05, 0.1) is 18.2 Å². The summed E-state index contributed by atoms with van der Waals surface area (Å²) >= 11 is 0. The first-order valence-electron chi connectivity index (χ1n) is 11.7. The Bertz CT molecular complexity index is 1170. The van der Waals surface area contributed by atoms with E-state index in [0.717, 1.165) is 48.2 Å². The van der Waals surface area contributed by atoms with Gasteiger partial charge in [-0.3, -0.25) is 0 Å². The normalized spacial score (nSPS) is 19.4. The Hall–Kier alpha value is -2.81. The van der Waals surface area contributed by atoms with Crippen molar-refractivity contribution in [1.82, 2.24) is 15.2 Å². The fourth-order valence-electron chi connectivity index (χ4n) is 4.39. The van der Waals surface area contributed by atoms with E-state index >= 15 is 0 Å². The number of benzene rings is 1. The number of aliphatic hydroxyl groups excluding tert-OH is 1. The standard InChI is InChI=1S/C25H33F2N5O2/c1-14-9-20(22-31-32-23(34-22)29-15-7-6-8-17(33)10-15)30-21-18(14)11-16(28-13-25(5,26)27)12-19(21)24(2,3)4/h9,11-12,15,17,28,33H,6-8,10,13H2,1-5H3,(H,29,32)/t15?,17-/m0/s1. The lowest BCUT2D eigenvalue weighted by atomic mass is 9.84. The summed E-state index contributed by atoms with van der Waals surface area (Å²) in [4.78, 5) is 4.85. The summed E-state index contributed by atoms with van der Waals surface area (Å²) in [5.74, 6) is -2.51. The van der Waals surface area contributed by atoms with Gasteiger partial charge in [0.25, 0.3) is 11.8 Å². The van der Waals surface area contributed by atoms with Crippen LogP contribution in [0.25, 0.3) is 22.5 Å². The summed E-state index contributed by atoms with van der Waals surface area (Å²) in [6.07, 6.45) is 3.06. The van der Waals surface area contributed by atoms with Crippen molar-refractivity contribution >= 4 is 22.6 Å². The first kappa shape index (κ1) is 24.3. The second kappa shape index (κ2) is 9.09. The summed E-state index contributed by atoms with van der Waals surface area (Å²) in [7, 11) is 0. The molecule has 1 aromatic carbocycles. The van der Waals surface area contributed by atoms with E-state index in [9.17, 15) is 13.9 Å². The maximum Gasteiger partial charge on any atom is 0.316 e. The molecule has 3 aromatic rings. The number of hydrogen-bond donors (Lipinski definition) is 3. The van der Waals surface area contributed by atoms with Gasteiger partial charge >= 0.3 is 6.01 Å². The number of anilines is 2. The smallest absolute Gasteiger partial charge is 0.316 e. The van der Waals surface area contributed by atoms with Gasteiger partial charge in [0.15, 0.2) is 0 Å². The topological polar surface area (TPSA) is 96.1 Å². The molecule has 1 aliphatic rings. The van der Waals surface area contributed by atoms with Crippen LogP contribution in [0.5, 0.6) is 0 Å². The maximum atomic E-state index is 13.4. The van der Waals surface area contributed by atoms with Crippen LogP contribution in [0.3, 0.4) is 0 Å². The Kier molecular flexibility index (Phi) is 6.50. The summed E-state index contributed by atoms with van der Waals surface area (Å²) in [6.45, 7) is 8.61. The molecule has 3 N–H and O–H groups in total. The van der Waals surface area contributed by atoms with Crippen LogP contribution in [0.1, 0.15) is 64.5 Å². The van der Waals surface area contributed by atoms with Crippen LogP contribution in [-0.2, 0) is 5.41 Å². The van der Waals surface area contributed by atoms with Crippen molar-refractivity contribution in [3.8, 4) is 11.6 Å². The molecule has 1 aliphatic carbocycles. The van der Waals surface area contributed by atoms with Crippen LogP contribution >= 0.6 is 0 Å². The number of rotatable bonds is 6. The highest BCUT2D eigenvalue weighted by molar-refractivity contribution is 5.90. The van der Waals surface area contributed by atoms with Gasteiger partial charge in [-0.15, -0.1) is 5.10 Å². The number of aliphatic hydroxyl groups is 1. The van der Waals surface area contributed by atoms with E-state index in [1.54, 1.807) is 0 Å². The molecule has 0 radical (unpaired) electrons. The van der Waals surface area contributed by atoms with Crippen molar-refractivity contribution in [2.24, 2.45) is 0 Å². The van der Waals surface area contributed by atoms with Crippen molar-refractivity contribution in [2.45, 2.75) is 83.8 Å².